The summed E-state index contributed by atoms with van der Waals surface area (Å²) < 4.78 is 1.57. The monoisotopic (exact) mass is 245 g/mol. The van der Waals surface area contributed by atoms with E-state index >= 15 is 0 Å². The zero-order valence-corrected chi connectivity index (χ0v) is 10.1. The van der Waals surface area contributed by atoms with Crippen LogP contribution >= 0.6 is 0 Å². The van der Waals surface area contributed by atoms with Crippen LogP contribution in [0.2, 0.25) is 0 Å². The Morgan fingerprint density at radius 2 is 2.11 bits per heavy atom. The standard InChI is InChI=1S/C13H15N3O2/c1-2-12(17)9-3-5-11(6-4-9)16-8-10(7-15-16)13(14)18/h3-8,12,17H,2H2,1H3,(H2,14,18)/t12-/m0/s1. The van der Waals surface area contributed by atoms with Gasteiger partial charge in [-0.05, 0) is 24.1 Å². The molecule has 1 atom stereocenters. The molecule has 0 aliphatic carbocycles. The lowest BCUT2D eigenvalue weighted by Gasteiger charge is -2.08. The van der Waals surface area contributed by atoms with E-state index < -0.39 is 12.0 Å². The summed E-state index contributed by atoms with van der Waals surface area (Å²) in [5.74, 6) is -0.501. The van der Waals surface area contributed by atoms with Crippen molar-refractivity contribution >= 4 is 5.91 Å². The normalized spacial score (nSPS) is 12.3. The number of aliphatic hydroxyl groups is 1. The quantitative estimate of drug-likeness (QED) is 0.854. The zero-order chi connectivity index (χ0) is 13.1. The number of benzene rings is 1. The van der Waals surface area contributed by atoms with Crippen molar-refractivity contribution in [3.63, 3.8) is 0 Å². The van der Waals surface area contributed by atoms with Gasteiger partial charge in [0.05, 0.1) is 23.6 Å². The van der Waals surface area contributed by atoms with Crippen LogP contribution < -0.4 is 5.73 Å². The molecule has 94 valence electrons. The van der Waals surface area contributed by atoms with Crippen LogP contribution in [0.5, 0.6) is 0 Å². The molecular weight excluding hydrogens is 230 g/mol. The predicted octanol–water partition coefficient (Wildman–Crippen LogP) is 1.41. The number of aromatic nitrogens is 2. The maximum absolute atomic E-state index is 11.0. The largest absolute Gasteiger partial charge is 0.388 e. The fraction of sp³-hybridized carbons (Fsp3) is 0.231. The van der Waals surface area contributed by atoms with Gasteiger partial charge in [-0.15, -0.1) is 0 Å². The van der Waals surface area contributed by atoms with Crippen molar-refractivity contribution in [1.29, 1.82) is 0 Å². The Hall–Kier alpha value is -2.14. The number of amides is 1. The van der Waals surface area contributed by atoms with Gasteiger partial charge in [0, 0.05) is 6.20 Å². The van der Waals surface area contributed by atoms with Gasteiger partial charge in [0.2, 0.25) is 0 Å². The third-order valence-corrected chi connectivity index (χ3v) is 2.80. The maximum Gasteiger partial charge on any atom is 0.251 e. The molecule has 2 rings (SSSR count). The lowest BCUT2D eigenvalue weighted by Crippen LogP contribution is -2.09. The van der Waals surface area contributed by atoms with Gasteiger partial charge in [0.1, 0.15) is 0 Å². The molecule has 3 N–H and O–H groups in total. The highest BCUT2D eigenvalue weighted by molar-refractivity contribution is 5.92. The van der Waals surface area contributed by atoms with Gasteiger partial charge < -0.3 is 10.8 Å². The second-order valence-electron chi connectivity index (χ2n) is 4.05. The van der Waals surface area contributed by atoms with Crippen molar-refractivity contribution in [3.8, 4) is 5.69 Å². The minimum atomic E-state index is -0.501. The summed E-state index contributed by atoms with van der Waals surface area (Å²) in [6, 6.07) is 7.36. The molecule has 18 heavy (non-hydrogen) atoms. The van der Waals surface area contributed by atoms with E-state index in [-0.39, 0.29) is 0 Å². The van der Waals surface area contributed by atoms with Crippen LogP contribution in [-0.4, -0.2) is 20.8 Å². The van der Waals surface area contributed by atoms with Gasteiger partial charge in [0.15, 0.2) is 0 Å². The summed E-state index contributed by atoms with van der Waals surface area (Å²) in [4.78, 5) is 11.0. The van der Waals surface area contributed by atoms with Crippen molar-refractivity contribution in [3.05, 3.63) is 47.8 Å². The van der Waals surface area contributed by atoms with Crippen LogP contribution in [0.1, 0.15) is 35.4 Å². The summed E-state index contributed by atoms with van der Waals surface area (Å²) >= 11 is 0. The molecule has 5 heteroatoms. The van der Waals surface area contributed by atoms with Crippen LogP contribution in [0.4, 0.5) is 0 Å². The Balaban J connectivity index is 2.25. The summed E-state index contributed by atoms with van der Waals surface area (Å²) in [7, 11) is 0. The van der Waals surface area contributed by atoms with E-state index in [1.54, 1.807) is 10.9 Å². The molecule has 0 spiro atoms. The zero-order valence-electron chi connectivity index (χ0n) is 10.1. The smallest absolute Gasteiger partial charge is 0.251 e. The maximum atomic E-state index is 11.0. The molecule has 0 unspecified atom stereocenters. The minimum absolute atomic E-state index is 0.368. The molecule has 5 nitrogen and oxygen atoms in total. The first-order chi connectivity index (χ1) is 8.61. The minimum Gasteiger partial charge on any atom is -0.388 e. The second kappa shape index (κ2) is 5.01. The van der Waals surface area contributed by atoms with Crippen LogP contribution in [0.3, 0.4) is 0 Å². The summed E-state index contributed by atoms with van der Waals surface area (Å²) in [5.41, 5.74) is 7.21. The van der Waals surface area contributed by atoms with E-state index in [2.05, 4.69) is 5.10 Å². The third-order valence-electron chi connectivity index (χ3n) is 2.80. The number of rotatable bonds is 4. The van der Waals surface area contributed by atoms with E-state index in [4.69, 9.17) is 5.73 Å². The lowest BCUT2D eigenvalue weighted by atomic mass is 10.1. The SMILES string of the molecule is CC[C@H](O)c1ccc(-n2cc(C(N)=O)cn2)cc1. The molecular formula is C13H15N3O2. The number of carbonyl (C=O) groups is 1. The molecule has 0 fully saturated rings. The van der Waals surface area contributed by atoms with Crippen LogP contribution in [0.15, 0.2) is 36.7 Å². The molecule has 2 aromatic rings. The predicted molar refractivity (Wildman–Crippen MR) is 67.3 cm³/mol. The second-order valence-corrected chi connectivity index (χ2v) is 4.05. The first kappa shape index (κ1) is 12.3. The first-order valence-corrected chi connectivity index (χ1v) is 5.74. The fourth-order valence-electron chi connectivity index (χ4n) is 1.68. The summed E-state index contributed by atoms with van der Waals surface area (Å²) in [6.45, 7) is 1.92. The Labute approximate surface area is 105 Å². The van der Waals surface area contributed by atoms with Crippen LogP contribution in [0.25, 0.3) is 5.69 Å². The van der Waals surface area contributed by atoms with Crippen molar-refractivity contribution in [2.24, 2.45) is 5.73 Å². The number of hydrogen-bond donors (Lipinski definition) is 2. The molecule has 1 aromatic carbocycles. The topological polar surface area (TPSA) is 81.1 Å². The van der Waals surface area contributed by atoms with Crippen LogP contribution in [-0.2, 0) is 0 Å². The van der Waals surface area contributed by atoms with Crippen molar-refractivity contribution < 1.29 is 9.90 Å². The highest BCUT2D eigenvalue weighted by Crippen LogP contribution is 2.18. The number of carbonyl (C=O) groups excluding carboxylic acids is 1. The number of hydrogen-bond acceptors (Lipinski definition) is 3. The Morgan fingerprint density at radius 3 is 2.61 bits per heavy atom. The molecule has 0 bridgehead atoms. The molecule has 1 amide bonds. The van der Waals surface area contributed by atoms with E-state index in [0.29, 0.717) is 12.0 Å². The Morgan fingerprint density at radius 1 is 1.44 bits per heavy atom. The van der Waals surface area contributed by atoms with E-state index in [1.807, 2.05) is 31.2 Å². The van der Waals surface area contributed by atoms with E-state index in [0.717, 1.165) is 11.3 Å². The van der Waals surface area contributed by atoms with Crippen molar-refractivity contribution in [2.75, 3.05) is 0 Å². The van der Waals surface area contributed by atoms with Gasteiger partial charge in [0.25, 0.3) is 5.91 Å². The Bertz CT molecular complexity index is 546. The number of nitrogens with zero attached hydrogens (tertiary/aromatic N) is 2. The average Bonchev–Trinajstić information content (AvgIpc) is 2.88. The number of primary amides is 1. The van der Waals surface area contributed by atoms with Gasteiger partial charge in [-0.25, -0.2) is 4.68 Å². The molecule has 0 radical (unpaired) electrons. The molecule has 1 aromatic heterocycles. The number of aliphatic hydroxyl groups excluding tert-OH is 1. The van der Waals surface area contributed by atoms with E-state index in [9.17, 15) is 9.90 Å². The molecule has 0 aliphatic heterocycles. The average molecular weight is 245 g/mol. The number of nitrogens with two attached hydrogens (primary N) is 1. The van der Waals surface area contributed by atoms with Gasteiger partial charge >= 0.3 is 0 Å². The first-order valence-electron chi connectivity index (χ1n) is 5.74. The van der Waals surface area contributed by atoms with Crippen LogP contribution in [0, 0.1) is 0 Å². The highest BCUT2D eigenvalue weighted by Gasteiger charge is 2.07. The van der Waals surface area contributed by atoms with E-state index in [1.165, 1.54) is 6.20 Å². The summed E-state index contributed by atoms with van der Waals surface area (Å²) in [6.07, 6.45) is 3.23. The molecule has 0 saturated heterocycles. The van der Waals surface area contributed by atoms with Crippen molar-refractivity contribution in [1.82, 2.24) is 9.78 Å². The van der Waals surface area contributed by atoms with Gasteiger partial charge in [-0.3, -0.25) is 4.79 Å². The third kappa shape index (κ3) is 2.41. The van der Waals surface area contributed by atoms with Gasteiger partial charge in [-0.1, -0.05) is 19.1 Å². The van der Waals surface area contributed by atoms with Crippen molar-refractivity contribution in [2.45, 2.75) is 19.4 Å². The fourth-order valence-corrected chi connectivity index (χ4v) is 1.68. The molecule has 0 saturated carbocycles. The summed E-state index contributed by atoms with van der Waals surface area (Å²) in [5, 5.41) is 13.7. The molecule has 0 aliphatic rings. The molecule has 1 heterocycles. The lowest BCUT2D eigenvalue weighted by molar-refractivity contribution is 0.100. The highest BCUT2D eigenvalue weighted by atomic mass is 16.3. The Kier molecular flexibility index (Phi) is 3.43. The van der Waals surface area contributed by atoms with Gasteiger partial charge in [-0.2, -0.15) is 5.10 Å².